The standard InChI is InChI=1S/C22H33FN6O/c1-4-24-22(28(2)16-17-11-12-19(30-3)18(23)15-17)25-13-8-10-21-27-26-20-9-6-5-7-14-29(20)21/h11-12,15H,4-10,13-14,16H2,1-3H3,(H,24,25). The van der Waals surface area contributed by atoms with Crippen LogP contribution in [0.15, 0.2) is 23.2 Å². The van der Waals surface area contributed by atoms with Crippen LogP contribution in [0.3, 0.4) is 0 Å². The lowest BCUT2D eigenvalue weighted by Crippen LogP contribution is -2.38. The molecule has 164 valence electrons. The molecule has 0 saturated heterocycles. The van der Waals surface area contributed by atoms with Gasteiger partial charge in [-0.15, -0.1) is 10.2 Å². The average Bonchev–Trinajstić information content (AvgIpc) is 2.96. The number of hydrogen-bond donors (Lipinski definition) is 1. The van der Waals surface area contributed by atoms with E-state index in [4.69, 9.17) is 9.73 Å². The van der Waals surface area contributed by atoms with E-state index in [0.717, 1.165) is 55.5 Å². The number of ether oxygens (including phenoxy) is 1. The minimum Gasteiger partial charge on any atom is -0.494 e. The van der Waals surface area contributed by atoms with Gasteiger partial charge in [0, 0.05) is 46.1 Å². The van der Waals surface area contributed by atoms with E-state index >= 15 is 0 Å². The van der Waals surface area contributed by atoms with E-state index in [1.165, 1.54) is 32.4 Å². The van der Waals surface area contributed by atoms with E-state index in [2.05, 4.69) is 20.1 Å². The van der Waals surface area contributed by atoms with E-state index in [-0.39, 0.29) is 11.6 Å². The summed E-state index contributed by atoms with van der Waals surface area (Å²) in [5, 5.41) is 12.1. The molecule has 1 N–H and O–H groups in total. The second kappa shape index (κ2) is 10.9. The van der Waals surface area contributed by atoms with Gasteiger partial charge >= 0.3 is 0 Å². The number of rotatable bonds is 8. The average molecular weight is 417 g/mol. The first kappa shape index (κ1) is 22.1. The van der Waals surface area contributed by atoms with Gasteiger partial charge in [0.2, 0.25) is 0 Å². The van der Waals surface area contributed by atoms with Crippen molar-refractivity contribution in [2.75, 3.05) is 27.2 Å². The Morgan fingerprint density at radius 2 is 2.17 bits per heavy atom. The molecule has 7 nitrogen and oxygen atoms in total. The summed E-state index contributed by atoms with van der Waals surface area (Å²) in [5.41, 5.74) is 0.868. The number of methoxy groups -OCH3 is 1. The van der Waals surface area contributed by atoms with Crippen molar-refractivity contribution in [3.8, 4) is 5.75 Å². The molecular weight excluding hydrogens is 383 g/mol. The van der Waals surface area contributed by atoms with Gasteiger partial charge in [0.05, 0.1) is 7.11 Å². The Morgan fingerprint density at radius 1 is 1.30 bits per heavy atom. The van der Waals surface area contributed by atoms with Crippen LogP contribution in [0, 0.1) is 5.82 Å². The number of aliphatic imine (C=N–C) groups is 1. The Morgan fingerprint density at radius 3 is 2.93 bits per heavy atom. The third-order valence-electron chi connectivity index (χ3n) is 5.34. The Kier molecular flexibility index (Phi) is 8.04. The third-order valence-corrected chi connectivity index (χ3v) is 5.34. The summed E-state index contributed by atoms with van der Waals surface area (Å²) in [6.45, 7) is 5.11. The maximum atomic E-state index is 14.0. The summed E-state index contributed by atoms with van der Waals surface area (Å²) in [6.07, 6.45) is 6.51. The Bertz CT molecular complexity index is 850. The number of nitrogens with one attached hydrogen (secondary N) is 1. The summed E-state index contributed by atoms with van der Waals surface area (Å²) < 4.78 is 21.3. The lowest BCUT2D eigenvalue weighted by atomic mass is 10.2. The van der Waals surface area contributed by atoms with Crippen LogP contribution in [-0.2, 0) is 25.9 Å². The largest absolute Gasteiger partial charge is 0.494 e. The molecule has 1 aromatic carbocycles. The van der Waals surface area contributed by atoms with Gasteiger partial charge in [0.15, 0.2) is 17.5 Å². The second-order valence-corrected chi connectivity index (χ2v) is 7.66. The van der Waals surface area contributed by atoms with Crippen LogP contribution in [0.1, 0.15) is 49.8 Å². The molecule has 1 aliphatic rings. The van der Waals surface area contributed by atoms with Gasteiger partial charge in [-0.05, 0) is 43.9 Å². The van der Waals surface area contributed by atoms with E-state index in [9.17, 15) is 4.39 Å². The van der Waals surface area contributed by atoms with Gasteiger partial charge in [-0.3, -0.25) is 4.99 Å². The predicted octanol–water partition coefficient (Wildman–Crippen LogP) is 3.18. The first-order valence-corrected chi connectivity index (χ1v) is 10.8. The molecule has 0 aliphatic carbocycles. The van der Waals surface area contributed by atoms with Crippen LogP contribution in [0.4, 0.5) is 4.39 Å². The first-order valence-electron chi connectivity index (χ1n) is 10.8. The summed E-state index contributed by atoms with van der Waals surface area (Å²) in [5.74, 6) is 2.93. The van der Waals surface area contributed by atoms with Gasteiger partial charge in [-0.1, -0.05) is 12.5 Å². The summed E-state index contributed by atoms with van der Waals surface area (Å²) >= 11 is 0. The highest BCUT2D eigenvalue weighted by molar-refractivity contribution is 5.79. The van der Waals surface area contributed by atoms with Crippen LogP contribution in [-0.4, -0.2) is 52.9 Å². The van der Waals surface area contributed by atoms with Crippen molar-refractivity contribution >= 4 is 5.96 Å². The third kappa shape index (κ3) is 5.70. The van der Waals surface area contributed by atoms with Crippen LogP contribution >= 0.6 is 0 Å². The lowest BCUT2D eigenvalue weighted by molar-refractivity contribution is 0.385. The number of halogens is 1. The van der Waals surface area contributed by atoms with Crippen LogP contribution in [0.2, 0.25) is 0 Å². The van der Waals surface area contributed by atoms with Gasteiger partial charge in [0.1, 0.15) is 11.6 Å². The molecule has 0 bridgehead atoms. The molecule has 0 saturated carbocycles. The first-order chi connectivity index (χ1) is 14.6. The summed E-state index contributed by atoms with van der Waals surface area (Å²) in [7, 11) is 3.43. The minimum absolute atomic E-state index is 0.258. The lowest BCUT2D eigenvalue weighted by Gasteiger charge is -2.22. The number of aryl methyl sites for hydroxylation is 2. The van der Waals surface area contributed by atoms with E-state index < -0.39 is 0 Å². The summed E-state index contributed by atoms with van der Waals surface area (Å²) in [4.78, 5) is 6.76. The van der Waals surface area contributed by atoms with Crippen molar-refractivity contribution in [2.45, 2.75) is 58.5 Å². The predicted molar refractivity (Wildman–Crippen MR) is 116 cm³/mol. The Balaban J connectivity index is 1.56. The molecule has 8 heteroatoms. The van der Waals surface area contributed by atoms with Crippen molar-refractivity contribution < 1.29 is 9.13 Å². The summed E-state index contributed by atoms with van der Waals surface area (Å²) in [6, 6.07) is 5.04. The highest BCUT2D eigenvalue weighted by atomic mass is 19.1. The molecule has 2 heterocycles. The fraction of sp³-hybridized carbons (Fsp3) is 0.591. The van der Waals surface area contributed by atoms with Crippen LogP contribution in [0.5, 0.6) is 5.75 Å². The number of benzene rings is 1. The van der Waals surface area contributed by atoms with Crippen molar-refractivity contribution in [1.29, 1.82) is 0 Å². The molecule has 2 aromatic rings. The van der Waals surface area contributed by atoms with Gasteiger partial charge in [0.25, 0.3) is 0 Å². The molecule has 0 amide bonds. The molecule has 1 aromatic heterocycles. The van der Waals surface area contributed by atoms with Gasteiger partial charge in [-0.25, -0.2) is 4.39 Å². The maximum absolute atomic E-state index is 14.0. The van der Waals surface area contributed by atoms with Crippen molar-refractivity contribution in [3.63, 3.8) is 0 Å². The highest BCUT2D eigenvalue weighted by Gasteiger charge is 2.14. The van der Waals surface area contributed by atoms with Gasteiger partial charge in [-0.2, -0.15) is 0 Å². The number of fused-ring (bicyclic) bond motifs is 1. The molecule has 0 radical (unpaired) electrons. The van der Waals surface area contributed by atoms with Crippen molar-refractivity contribution in [1.82, 2.24) is 25.0 Å². The SMILES string of the molecule is CCNC(=NCCCc1nnc2n1CCCCC2)N(C)Cc1ccc(OC)c(F)c1. The van der Waals surface area contributed by atoms with E-state index in [0.29, 0.717) is 13.1 Å². The smallest absolute Gasteiger partial charge is 0.193 e. The maximum Gasteiger partial charge on any atom is 0.193 e. The molecule has 1 aliphatic heterocycles. The van der Waals surface area contributed by atoms with Crippen LogP contribution < -0.4 is 10.1 Å². The van der Waals surface area contributed by atoms with Crippen LogP contribution in [0.25, 0.3) is 0 Å². The monoisotopic (exact) mass is 416 g/mol. The number of hydrogen-bond acceptors (Lipinski definition) is 4. The molecule has 3 rings (SSSR count). The molecule has 0 atom stereocenters. The fourth-order valence-corrected chi connectivity index (χ4v) is 3.78. The molecule has 0 spiro atoms. The topological polar surface area (TPSA) is 67.6 Å². The van der Waals surface area contributed by atoms with E-state index in [1.807, 2.05) is 24.9 Å². The zero-order valence-electron chi connectivity index (χ0n) is 18.3. The zero-order chi connectivity index (χ0) is 21.3. The molecule has 30 heavy (non-hydrogen) atoms. The number of aromatic nitrogens is 3. The van der Waals surface area contributed by atoms with Crippen molar-refractivity contribution in [2.24, 2.45) is 4.99 Å². The quantitative estimate of drug-likeness (QED) is 0.407. The Labute approximate surface area is 178 Å². The highest BCUT2D eigenvalue weighted by Crippen LogP contribution is 2.18. The van der Waals surface area contributed by atoms with E-state index in [1.54, 1.807) is 6.07 Å². The number of guanidine groups is 1. The Hall–Kier alpha value is -2.64. The molecule has 0 fully saturated rings. The van der Waals surface area contributed by atoms with Gasteiger partial charge < -0.3 is 19.5 Å². The number of nitrogens with zero attached hydrogens (tertiary/aromatic N) is 5. The minimum atomic E-state index is -0.349. The zero-order valence-corrected chi connectivity index (χ0v) is 18.3. The molecular formula is C22H33FN6O. The second-order valence-electron chi connectivity index (χ2n) is 7.66. The normalized spacial score (nSPS) is 14.2. The van der Waals surface area contributed by atoms with Crippen molar-refractivity contribution in [3.05, 3.63) is 41.2 Å². The fourth-order valence-electron chi connectivity index (χ4n) is 3.78. The molecule has 0 unspecified atom stereocenters.